The second-order valence-corrected chi connectivity index (χ2v) is 21.8. The van der Waals surface area contributed by atoms with Gasteiger partial charge in [-0.1, -0.05) is 165 Å². The molecule has 0 atom stereocenters. The number of hydrogen-bond acceptors (Lipinski definition) is 3. The lowest BCUT2D eigenvalue weighted by Gasteiger charge is -2.44. The van der Waals surface area contributed by atoms with E-state index in [1.54, 1.807) is 0 Å². The van der Waals surface area contributed by atoms with Gasteiger partial charge in [-0.2, -0.15) is 0 Å². The molecule has 2 heterocycles. The lowest BCUT2D eigenvalue weighted by Crippen LogP contribution is -2.42. The van der Waals surface area contributed by atoms with Gasteiger partial charge in [0.2, 0.25) is 0 Å². The van der Waals surface area contributed by atoms with Crippen LogP contribution >= 0.6 is 0 Å². The highest BCUT2D eigenvalue weighted by Gasteiger charge is 2.56. The van der Waals surface area contributed by atoms with Gasteiger partial charge in [0.05, 0.1) is 0 Å². The van der Waals surface area contributed by atoms with Crippen molar-refractivity contribution in [2.45, 2.75) is 71.6 Å². The van der Waals surface area contributed by atoms with Crippen molar-refractivity contribution in [3.8, 4) is 44.5 Å². The van der Waals surface area contributed by atoms with Crippen LogP contribution in [0.1, 0.15) is 77.6 Å². The zero-order chi connectivity index (χ0) is 47.2. The quantitative estimate of drug-likeness (QED) is 0.167. The molecule has 0 unspecified atom stereocenters. The fraction of sp³-hybridized carbons (Fsp3) is 0.182. The van der Waals surface area contributed by atoms with Crippen molar-refractivity contribution in [3.05, 3.63) is 210 Å². The Labute approximate surface area is 404 Å². The van der Waals surface area contributed by atoms with Gasteiger partial charge in [0.15, 0.2) is 0 Å². The van der Waals surface area contributed by atoms with Crippen LogP contribution in [0, 0.1) is 5.41 Å². The lowest BCUT2D eigenvalue weighted by atomic mass is 9.59. The van der Waals surface area contributed by atoms with Gasteiger partial charge in [0.1, 0.15) is 22.3 Å². The number of furan rings is 2. The van der Waals surface area contributed by atoms with Crippen molar-refractivity contribution in [2.75, 3.05) is 4.90 Å². The van der Waals surface area contributed by atoms with E-state index in [0.717, 1.165) is 72.1 Å². The minimum absolute atomic E-state index is 0.000525. The first-order chi connectivity index (χ1) is 33.2. The van der Waals surface area contributed by atoms with E-state index >= 15 is 0 Å². The summed E-state index contributed by atoms with van der Waals surface area (Å²) in [5.74, 6) is 0. The first kappa shape index (κ1) is 41.6. The number of hydrogen-bond donors (Lipinski definition) is 0. The average molecular weight is 894 g/mol. The molecule has 0 N–H and O–H groups in total. The fourth-order valence-corrected chi connectivity index (χ4v) is 12.3. The van der Waals surface area contributed by atoms with Gasteiger partial charge in [0.25, 0.3) is 0 Å². The van der Waals surface area contributed by atoms with Crippen LogP contribution < -0.4 is 4.90 Å². The largest absolute Gasteiger partial charge is 0.456 e. The summed E-state index contributed by atoms with van der Waals surface area (Å²) < 4.78 is 12.8. The van der Waals surface area contributed by atoms with E-state index in [9.17, 15) is 0 Å². The Bertz CT molecular complexity index is 3890. The van der Waals surface area contributed by atoms with Crippen LogP contribution in [-0.4, -0.2) is 0 Å². The molecule has 0 fully saturated rings. The third-order valence-electron chi connectivity index (χ3n) is 17.4. The van der Waals surface area contributed by atoms with Crippen molar-refractivity contribution in [1.82, 2.24) is 0 Å². The monoisotopic (exact) mass is 893 g/mol. The number of para-hydroxylation sites is 2. The summed E-state index contributed by atoms with van der Waals surface area (Å²) in [6.45, 7) is 19.4. The van der Waals surface area contributed by atoms with Gasteiger partial charge in [-0.25, -0.2) is 0 Å². The van der Waals surface area contributed by atoms with Crippen molar-refractivity contribution in [2.24, 2.45) is 5.41 Å². The number of fused-ring (bicyclic) bond motifs is 10. The Hall–Kier alpha value is -7.62. The maximum Gasteiger partial charge on any atom is 0.137 e. The minimum Gasteiger partial charge on any atom is -0.456 e. The van der Waals surface area contributed by atoms with Crippen molar-refractivity contribution >= 4 is 60.9 Å². The SMILES string of the molecule is CC1(C)c2ccccc2-c2c(-c3ccc4c(c3)C(C)(C)C(C)(C)C4(C)C)cc(-c3ccc(N(c4ccc(-c5ccc6c(c5)oc5ccccc56)cc4)c4ccc5c(c4)oc4ccccc45)cc3)cc21. The molecule has 13 rings (SSSR count). The van der Waals surface area contributed by atoms with Gasteiger partial charge < -0.3 is 13.7 Å². The highest BCUT2D eigenvalue weighted by Crippen LogP contribution is 2.62. The second kappa shape index (κ2) is 14.5. The zero-order valence-electron chi connectivity index (χ0n) is 40.7. The van der Waals surface area contributed by atoms with Crippen LogP contribution in [0.3, 0.4) is 0 Å². The van der Waals surface area contributed by atoms with Crippen LogP contribution in [0.5, 0.6) is 0 Å². The Balaban J connectivity index is 0.929. The Morgan fingerprint density at radius 3 is 1.48 bits per heavy atom. The summed E-state index contributed by atoms with van der Waals surface area (Å²) in [5, 5.41) is 4.50. The third kappa shape index (κ3) is 5.92. The van der Waals surface area contributed by atoms with Gasteiger partial charge >= 0.3 is 0 Å². The highest BCUT2D eigenvalue weighted by atomic mass is 16.3. The molecular weight excluding hydrogens is 839 g/mol. The van der Waals surface area contributed by atoms with Crippen LogP contribution in [0.2, 0.25) is 0 Å². The number of nitrogens with zero attached hydrogens (tertiary/aromatic N) is 1. The van der Waals surface area contributed by atoms with Crippen LogP contribution in [0.25, 0.3) is 88.4 Å². The van der Waals surface area contributed by atoms with E-state index in [1.165, 1.54) is 55.6 Å². The van der Waals surface area contributed by atoms with Gasteiger partial charge in [-0.15, -0.1) is 0 Å². The molecule has 3 nitrogen and oxygen atoms in total. The molecule has 0 saturated carbocycles. The maximum absolute atomic E-state index is 6.47. The number of benzene rings is 9. The van der Waals surface area contributed by atoms with E-state index in [1.807, 2.05) is 24.3 Å². The van der Waals surface area contributed by atoms with Crippen molar-refractivity contribution in [1.29, 1.82) is 0 Å². The molecule has 3 heteroatoms. The summed E-state index contributed by atoms with van der Waals surface area (Å²) in [6.07, 6.45) is 0. The van der Waals surface area contributed by atoms with Crippen molar-refractivity contribution < 1.29 is 8.83 Å². The standard InChI is InChI=1S/C66H55NO2/c1-63(2)54-18-12-9-17-52(54)62-53(43-26-34-55-56(36-43)65(5,6)66(7,8)64(55,3)4)35-44(37-57(62)63)41-23-29-46(30-24-41)67(47-31-33-51-49-16-11-14-20-59(49)69-61(51)39-47)45-27-21-40(22-28-45)42-25-32-50-48-15-10-13-19-58(48)68-60(50)38-42/h9-39H,1-8H3. The Morgan fingerprint density at radius 2 is 0.812 bits per heavy atom. The van der Waals surface area contributed by atoms with E-state index in [-0.39, 0.29) is 21.7 Å². The van der Waals surface area contributed by atoms with Gasteiger partial charge in [-0.05, 0) is 156 Å². The highest BCUT2D eigenvalue weighted by molar-refractivity contribution is 6.07. The molecule has 69 heavy (non-hydrogen) atoms. The predicted molar refractivity (Wildman–Crippen MR) is 289 cm³/mol. The molecule has 2 aromatic heterocycles. The van der Waals surface area contributed by atoms with Crippen LogP contribution in [-0.2, 0) is 16.2 Å². The summed E-state index contributed by atoms with van der Waals surface area (Å²) >= 11 is 0. The zero-order valence-corrected chi connectivity index (χ0v) is 40.7. The second-order valence-electron chi connectivity index (χ2n) is 21.8. The average Bonchev–Trinajstić information content (AvgIpc) is 4.02. The van der Waals surface area contributed by atoms with Crippen LogP contribution in [0.4, 0.5) is 17.1 Å². The molecular formula is C66H55NO2. The van der Waals surface area contributed by atoms with Crippen molar-refractivity contribution in [3.63, 3.8) is 0 Å². The minimum atomic E-state index is -0.160. The van der Waals surface area contributed by atoms with E-state index in [0.29, 0.717) is 0 Å². The number of anilines is 3. The normalized spacial score (nSPS) is 16.0. The Kier molecular flexibility index (Phi) is 8.70. The number of rotatable bonds is 6. The van der Waals surface area contributed by atoms with Gasteiger partial charge in [-0.3, -0.25) is 0 Å². The molecule has 11 aromatic rings. The molecule has 2 aliphatic rings. The first-order valence-corrected chi connectivity index (χ1v) is 24.5. The van der Waals surface area contributed by atoms with E-state index in [2.05, 4.69) is 224 Å². The smallest absolute Gasteiger partial charge is 0.137 e. The van der Waals surface area contributed by atoms with E-state index < -0.39 is 0 Å². The first-order valence-electron chi connectivity index (χ1n) is 24.5. The van der Waals surface area contributed by atoms with E-state index in [4.69, 9.17) is 8.83 Å². The molecule has 336 valence electrons. The molecule has 2 aliphatic carbocycles. The molecule has 0 bridgehead atoms. The topological polar surface area (TPSA) is 29.5 Å². The predicted octanol–water partition coefficient (Wildman–Crippen LogP) is 18.9. The summed E-state index contributed by atoms with van der Waals surface area (Å²) in [7, 11) is 0. The summed E-state index contributed by atoms with van der Waals surface area (Å²) in [5.41, 5.74) is 22.3. The van der Waals surface area contributed by atoms with Crippen LogP contribution in [0.15, 0.2) is 197 Å². The lowest BCUT2D eigenvalue weighted by molar-refractivity contribution is 0.125. The maximum atomic E-state index is 6.47. The molecule has 0 spiro atoms. The molecule has 0 radical (unpaired) electrons. The van der Waals surface area contributed by atoms with Gasteiger partial charge in [0, 0.05) is 50.1 Å². The molecule has 0 saturated heterocycles. The molecule has 0 amide bonds. The molecule has 9 aromatic carbocycles. The molecule has 0 aliphatic heterocycles. The third-order valence-corrected chi connectivity index (χ3v) is 17.4. The summed E-state index contributed by atoms with van der Waals surface area (Å²) in [4.78, 5) is 2.34. The fourth-order valence-electron chi connectivity index (χ4n) is 12.3. The Morgan fingerprint density at radius 1 is 0.319 bits per heavy atom. The summed E-state index contributed by atoms with van der Waals surface area (Å²) in [6, 6.07) is 69.0.